The molecule has 110 valence electrons. The van der Waals surface area contributed by atoms with Crippen molar-refractivity contribution in [3.05, 3.63) is 51.9 Å². The largest absolute Gasteiger partial charge is 0.494 e. The summed E-state index contributed by atoms with van der Waals surface area (Å²) < 4.78 is 5.51. The predicted molar refractivity (Wildman–Crippen MR) is 78.7 cm³/mol. The molecule has 2 aromatic rings. The number of anilines is 1. The normalized spacial score (nSPS) is 10.1. The van der Waals surface area contributed by atoms with Gasteiger partial charge in [-0.3, -0.25) is 10.1 Å². The van der Waals surface area contributed by atoms with Gasteiger partial charge in [0.15, 0.2) is 0 Å². The van der Waals surface area contributed by atoms with Gasteiger partial charge in [-0.1, -0.05) is 18.2 Å². The van der Waals surface area contributed by atoms with Gasteiger partial charge < -0.3 is 10.1 Å². The summed E-state index contributed by atoms with van der Waals surface area (Å²) in [5.41, 5.74) is -0.205. The second kappa shape index (κ2) is 7.39. The molecule has 0 radical (unpaired) electrons. The Labute approximate surface area is 126 Å². The van der Waals surface area contributed by atoms with Crippen molar-refractivity contribution in [3.8, 4) is 5.75 Å². The maximum Gasteiger partial charge on any atom is 0.329 e. The zero-order chi connectivity index (χ0) is 15.1. The van der Waals surface area contributed by atoms with Crippen molar-refractivity contribution in [3.63, 3.8) is 0 Å². The average Bonchev–Trinajstić information content (AvgIpc) is 2.48. The number of nitrogens with one attached hydrogen (secondary N) is 1. The molecule has 0 aliphatic rings. The molecule has 0 spiro atoms. The molecule has 1 heterocycles. The Balaban J connectivity index is 1.81. The summed E-state index contributed by atoms with van der Waals surface area (Å²) in [5.74, 6) is 0.897. The first-order chi connectivity index (χ1) is 10.2. The van der Waals surface area contributed by atoms with Crippen LogP contribution in [0.1, 0.15) is 6.42 Å². The Morgan fingerprint density at radius 1 is 1.33 bits per heavy atom. The Hall–Kier alpha value is -2.41. The fraction of sp³-hybridized carbons (Fsp3) is 0.231. The molecule has 2 rings (SSSR count). The number of benzene rings is 1. The van der Waals surface area contributed by atoms with Crippen molar-refractivity contribution in [2.24, 2.45) is 0 Å². The van der Waals surface area contributed by atoms with Crippen LogP contribution in [0.4, 0.5) is 11.5 Å². The van der Waals surface area contributed by atoms with Crippen molar-refractivity contribution in [1.82, 2.24) is 9.97 Å². The molecule has 0 amide bonds. The lowest BCUT2D eigenvalue weighted by atomic mass is 10.3. The highest BCUT2D eigenvalue weighted by Gasteiger charge is 2.16. The van der Waals surface area contributed by atoms with E-state index in [2.05, 4.69) is 15.3 Å². The predicted octanol–water partition coefficient (Wildman–Crippen LogP) is 2.92. The van der Waals surface area contributed by atoms with Crippen LogP contribution in [0.25, 0.3) is 0 Å². The summed E-state index contributed by atoms with van der Waals surface area (Å²) in [5, 5.41) is 13.7. The number of ether oxygens (including phenoxy) is 1. The zero-order valence-electron chi connectivity index (χ0n) is 11.0. The zero-order valence-corrected chi connectivity index (χ0v) is 11.8. The van der Waals surface area contributed by atoms with Crippen LogP contribution in [0.5, 0.6) is 5.75 Å². The summed E-state index contributed by atoms with van der Waals surface area (Å²) in [7, 11) is 0. The first-order valence-corrected chi connectivity index (χ1v) is 6.63. The van der Waals surface area contributed by atoms with E-state index in [1.807, 2.05) is 30.3 Å². The molecule has 1 aromatic heterocycles. The van der Waals surface area contributed by atoms with Gasteiger partial charge in [0.25, 0.3) is 0 Å². The molecular formula is C13H13ClN4O3. The highest BCUT2D eigenvalue weighted by molar-refractivity contribution is 6.28. The maximum atomic E-state index is 10.8. The minimum Gasteiger partial charge on any atom is -0.494 e. The van der Waals surface area contributed by atoms with E-state index in [9.17, 15) is 10.1 Å². The van der Waals surface area contributed by atoms with Crippen LogP contribution in [-0.2, 0) is 0 Å². The monoisotopic (exact) mass is 308 g/mol. The smallest absolute Gasteiger partial charge is 0.329 e. The quantitative estimate of drug-likeness (QED) is 0.366. The highest BCUT2D eigenvalue weighted by Crippen LogP contribution is 2.21. The summed E-state index contributed by atoms with van der Waals surface area (Å²) in [6, 6.07) is 9.41. The Bertz CT molecular complexity index is 610. The van der Waals surface area contributed by atoms with Crippen molar-refractivity contribution >= 4 is 23.1 Å². The van der Waals surface area contributed by atoms with Gasteiger partial charge in [0, 0.05) is 6.54 Å². The highest BCUT2D eigenvalue weighted by atomic mass is 35.5. The molecule has 0 saturated carbocycles. The summed E-state index contributed by atoms with van der Waals surface area (Å²) in [6.45, 7) is 0.963. The van der Waals surface area contributed by atoms with Gasteiger partial charge in [0.2, 0.25) is 11.1 Å². The van der Waals surface area contributed by atoms with Crippen molar-refractivity contribution in [1.29, 1.82) is 0 Å². The summed E-state index contributed by atoms with van der Waals surface area (Å²) >= 11 is 5.63. The number of aromatic nitrogens is 2. The number of hydrogen-bond acceptors (Lipinski definition) is 6. The SMILES string of the molecule is O=[N+]([O-])c1cnc(Cl)nc1NCCCOc1ccccc1. The second-order valence-corrected chi connectivity index (χ2v) is 4.41. The third-order valence-electron chi connectivity index (χ3n) is 2.56. The molecule has 0 atom stereocenters. The van der Waals surface area contributed by atoms with Crippen LogP contribution < -0.4 is 10.1 Å². The molecule has 0 unspecified atom stereocenters. The van der Waals surface area contributed by atoms with Gasteiger partial charge in [-0.05, 0) is 30.2 Å². The van der Waals surface area contributed by atoms with Gasteiger partial charge in [-0.15, -0.1) is 0 Å². The fourth-order valence-corrected chi connectivity index (χ4v) is 1.74. The first kappa shape index (κ1) is 15.0. The van der Waals surface area contributed by atoms with E-state index in [0.717, 1.165) is 11.9 Å². The molecule has 0 fully saturated rings. The second-order valence-electron chi connectivity index (χ2n) is 4.07. The lowest BCUT2D eigenvalue weighted by molar-refractivity contribution is -0.384. The molecule has 0 aliphatic carbocycles. The Morgan fingerprint density at radius 2 is 2.10 bits per heavy atom. The van der Waals surface area contributed by atoms with Crippen molar-refractivity contribution < 1.29 is 9.66 Å². The molecular weight excluding hydrogens is 296 g/mol. The first-order valence-electron chi connectivity index (χ1n) is 6.25. The maximum absolute atomic E-state index is 10.8. The van der Waals surface area contributed by atoms with Gasteiger partial charge in [-0.25, -0.2) is 4.98 Å². The van der Waals surface area contributed by atoms with E-state index in [0.29, 0.717) is 19.6 Å². The summed E-state index contributed by atoms with van der Waals surface area (Å²) in [4.78, 5) is 17.7. The van der Waals surface area contributed by atoms with E-state index >= 15 is 0 Å². The molecule has 1 N–H and O–H groups in total. The van der Waals surface area contributed by atoms with Crippen LogP contribution in [0.3, 0.4) is 0 Å². The van der Waals surface area contributed by atoms with Crippen LogP contribution in [0.15, 0.2) is 36.5 Å². The van der Waals surface area contributed by atoms with E-state index in [4.69, 9.17) is 16.3 Å². The number of halogens is 1. The molecule has 0 saturated heterocycles. The number of nitrogens with zero attached hydrogens (tertiary/aromatic N) is 3. The number of nitro groups is 1. The molecule has 21 heavy (non-hydrogen) atoms. The van der Waals surface area contributed by atoms with E-state index in [1.165, 1.54) is 0 Å². The number of rotatable bonds is 7. The number of para-hydroxylation sites is 1. The standard InChI is InChI=1S/C13H13ClN4O3/c14-13-16-9-11(18(19)20)12(17-13)15-7-4-8-21-10-5-2-1-3-6-10/h1-3,5-6,9H,4,7-8H2,(H,15,16,17). The third-order valence-corrected chi connectivity index (χ3v) is 2.74. The van der Waals surface area contributed by atoms with Crippen molar-refractivity contribution in [2.45, 2.75) is 6.42 Å². The van der Waals surface area contributed by atoms with Crippen LogP contribution >= 0.6 is 11.6 Å². The minimum absolute atomic E-state index is 0.0383. The van der Waals surface area contributed by atoms with Gasteiger partial charge >= 0.3 is 5.69 Å². The van der Waals surface area contributed by atoms with E-state index in [-0.39, 0.29) is 16.8 Å². The van der Waals surface area contributed by atoms with Crippen molar-refractivity contribution in [2.75, 3.05) is 18.5 Å². The van der Waals surface area contributed by atoms with E-state index < -0.39 is 4.92 Å². The third kappa shape index (κ3) is 4.57. The fourth-order valence-electron chi connectivity index (χ4n) is 1.60. The van der Waals surface area contributed by atoms with Gasteiger partial charge in [0.1, 0.15) is 11.9 Å². The average molecular weight is 309 g/mol. The van der Waals surface area contributed by atoms with E-state index in [1.54, 1.807) is 0 Å². The van der Waals surface area contributed by atoms with Crippen LogP contribution in [0, 0.1) is 10.1 Å². The Morgan fingerprint density at radius 3 is 2.81 bits per heavy atom. The summed E-state index contributed by atoms with van der Waals surface area (Å²) in [6.07, 6.45) is 1.74. The van der Waals surface area contributed by atoms with Crippen LogP contribution in [0.2, 0.25) is 5.28 Å². The van der Waals surface area contributed by atoms with Gasteiger partial charge in [-0.2, -0.15) is 4.98 Å². The molecule has 0 aliphatic heterocycles. The minimum atomic E-state index is -0.556. The lowest BCUT2D eigenvalue weighted by Gasteiger charge is -2.07. The van der Waals surface area contributed by atoms with Gasteiger partial charge in [0.05, 0.1) is 11.5 Å². The molecule has 0 bridgehead atoms. The molecule has 7 nitrogen and oxygen atoms in total. The Kier molecular flexibility index (Phi) is 5.28. The molecule has 8 heteroatoms. The lowest BCUT2D eigenvalue weighted by Crippen LogP contribution is -2.10. The molecule has 1 aromatic carbocycles. The van der Waals surface area contributed by atoms with Crippen LogP contribution in [-0.4, -0.2) is 28.0 Å². The topological polar surface area (TPSA) is 90.2 Å². The number of hydrogen-bond donors (Lipinski definition) is 1.